The van der Waals surface area contributed by atoms with Crippen molar-refractivity contribution >= 4 is 11.9 Å². The minimum atomic E-state index is -0.994. The van der Waals surface area contributed by atoms with Crippen molar-refractivity contribution in [3.05, 3.63) is 0 Å². The van der Waals surface area contributed by atoms with E-state index in [9.17, 15) is 9.59 Å². The maximum atomic E-state index is 11.9. The van der Waals surface area contributed by atoms with Gasteiger partial charge in [-0.3, -0.25) is 4.79 Å². The van der Waals surface area contributed by atoms with Crippen LogP contribution >= 0.6 is 0 Å². The minimum Gasteiger partial charge on any atom is -0.480 e. The first-order chi connectivity index (χ1) is 8.37. The molecule has 1 fully saturated rings. The summed E-state index contributed by atoms with van der Waals surface area (Å²) in [5, 5.41) is 11.8. The number of hydrogen-bond donors (Lipinski definition) is 3. The molecule has 0 aromatic heterocycles. The number of carbonyl (C=O) groups is 2. The van der Waals surface area contributed by atoms with Crippen LogP contribution in [-0.2, 0) is 9.59 Å². The van der Waals surface area contributed by atoms with Crippen LogP contribution in [0.1, 0.15) is 52.4 Å². The zero-order valence-corrected chi connectivity index (χ0v) is 11.2. The summed E-state index contributed by atoms with van der Waals surface area (Å²) < 4.78 is 0. The quantitative estimate of drug-likeness (QED) is 0.639. The van der Waals surface area contributed by atoms with E-state index in [-0.39, 0.29) is 17.9 Å². The van der Waals surface area contributed by atoms with E-state index in [0.29, 0.717) is 12.8 Å². The summed E-state index contributed by atoms with van der Waals surface area (Å²) in [6, 6.07) is 0.150. The summed E-state index contributed by atoms with van der Waals surface area (Å²) >= 11 is 0. The second-order valence-electron chi connectivity index (χ2n) is 5.54. The van der Waals surface area contributed by atoms with E-state index < -0.39 is 11.5 Å². The Labute approximate surface area is 108 Å². The molecule has 1 saturated carbocycles. The molecule has 1 aliphatic carbocycles. The molecule has 1 rings (SSSR count). The number of amides is 1. The number of carboxylic acid groups (broad SMARTS) is 1. The van der Waals surface area contributed by atoms with Gasteiger partial charge in [-0.25, -0.2) is 4.79 Å². The van der Waals surface area contributed by atoms with Gasteiger partial charge in [0.1, 0.15) is 5.54 Å². The Bertz CT molecular complexity index is 311. The van der Waals surface area contributed by atoms with Gasteiger partial charge in [-0.05, 0) is 39.0 Å². The Kier molecular flexibility index (Phi) is 5.14. The van der Waals surface area contributed by atoms with Crippen LogP contribution in [0.15, 0.2) is 0 Å². The van der Waals surface area contributed by atoms with E-state index in [4.69, 9.17) is 10.8 Å². The van der Waals surface area contributed by atoms with E-state index >= 15 is 0 Å². The number of nitrogens with one attached hydrogen (secondary N) is 1. The summed E-state index contributed by atoms with van der Waals surface area (Å²) in [6.45, 7) is 3.78. The predicted molar refractivity (Wildman–Crippen MR) is 69.0 cm³/mol. The van der Waals surface area contributed by atoms with E-state index in [0.717, 1.165) is 25.7 Å². The Balaban J connectivity index is 2.37. The highest BCUT2D eigenvalue weighted by molar-refractivity contribution is 5.88. The molecular formula is C13H24N2O3. The lowest BCUT2D eigenvalue weighted by Crippen LogP contribution is -2.60. The summed E-state index contributed by atoms with van der Waals surface area (Å²) in [6.07, 6.45) is 4.49. The van der Waals surface area contributed by atoms with Gasteiger partial charge in [-0.1, -0.05) is 13.3 Å². The molecule has 1 amide bonds. The predicted octanol–water partition coefficient (Wildman–Crippen LogP) is 1.26. The van der Waals surface area contributed by atoms with Crippen molar-refractivity contribution in [3.63, 3.8) is 0 Å². The molecule has 4 N–H and O–H groups in total. The highest BCUT2D eigenvalue weighted by atomic mass is 16.4. The standard InChI is InChI=1S/C13H24N2O3/c1-9(5-3-6-10(2)14)11(16)15-13(12(17)18)7-4-8-13/h9-10H,3-8,14H2,1-2H3,(H,15,16)(H,17,18). The van der Waals surface area contributed by atoms with Gasteiger partial charge in [0.25, 0.3) is 0 Å². The van der Waals surface area contributed by atoms with Crippen LogP contribution in [0.4, 0.5) is 0 Å². The molecule has 0 heterocycles. The van der Waals surface area contributed by atoms with Crippen molar-refractivity contribution in [2.24, 2.45) is 11.7 Å². The SMILES string of the molecule is CC(N)CCCC(C)C(=O)NC1(C(=O)O)CCC1. The van der Waals surface area contributed by atoms with Gasteiger partial charge in [0.2, 0.25) is 5.91 Å². The summed E-state index contributed by atoms with van der Waals surface area (Å²) in [5.74, 6) is -1.22. The van der Waals surface area contributed by atoms with Gasteiger partial charge in [0.15, 0.2) is 0 Å². The normalized spacial score (nSPS) is 20.6. The van der Waals surface area contributed by atoms with Gasteiger partial charge < -0.3 is 16.2 Å². The van der Waals surface area contributed by atoms with Crippen molar-refractivity contribution in [3.8, 4) is 0 Å². The number of aliphatic carboxylic acids is 1. The lowest BCUT2D eigenvalue weighted by molar-refractivity contribution is -0.152. The molecule has 0 aromatic carbocycles. The number of carboxylic acids is 1. The molecular weight excluding hydrogens is 232 g/mol. The van der Waals surface area contributed by atoms with Crippen LogP contribution < -0.4 is 11.1 Å². The lowest BCUT2D eigenvalue weighted by Gasteiger charge is -2.38. The van der Waals surface area contributed by atoms with Crippen molar-refractivity contribution < 1.29 is 14.7 Å². The van der Waals surface area contributed by atoms with Gasteiger partial charge in [0, 0.05) is 12.0 Å². The van der Waals surface area contributed by atoms with Gasteiger partial charge >= 0.3 is 5.97 Å². The van der Waals surface area contributed by atoms with Crippen LogP contribution in [0.25, 0.3) is 0 Å². The molecule has 0 aromatic rings. The smallest absolute Gasteiger partial charge is 0.329 e. The Hall–Kier alpha value is -1.10. The molecule has 2 unspecified atom stereocenters. The number of nitrogens with two attached hydrogens (primary N) is 1. The van der Waals surface area contributed by atoms with E-state index in [1.807, 2.05) is 13.8 Å². The van der Waals surface area contributed by atoms with Crippen LogP contribution in [-0.4, -0.2) is 28.6 Å². The van der Waals surface area contributed by atoms with Crippen LogP contribution in [0.5, 0.6) is 0 Å². The fourth-order valence-corrected chi connectivity index (χ4v) is 2.16. The van der Waals surface area contributed by atoms with E-state index in [1.165, 1.54) is 0 Å². The monoisotopic (exact) mass is 256 g/mol. The Morgan fingerprint density at radius 1 is 1.33 bits per heavy atom. The first-order valence-electron chi connectivity index (χ1n) is 6.68. The van der Waals surface area contributed by atoms with Gasteiger partial charge in [-0.2, -0.15) is 0 Å². The van der Waals surface area contributed by atoms with Gasteiger partial charge in [-0.15, -0.1) is 0 Å². The van der Waals surface area contributed by atoms with E-state index in [2.05, 4.69) is 5.32 Å². The Morgan fingerprint density at radius 3 is 2.33 bits per heavy atom. The highest BCUT2D eigenvalue weighted by Crippen LogP contribution is 2.32. The molecule has 0 saturated heterocycles. The molecule has 1 aliphatic rings. The van der Waals surface area contributed by atoms with Crippen molar-refractivity contribution in [1.82, 2.24) is 5.32 Å². The number of carbonyl (C=O) groups excluding carboxylic acids is 1. The Morgan fingerprint density at radius 2 is 1.94 bits per heavy atom. The molecule has 18 heavy (non-hydrogen) atoms. The zero-order valence-electron chi connectivity index (χ0n) is 11.2. The van der Waals surface area contributed by atoms with E-state index in [1.54, 1.807) is 0 Å². The molecule has 5 heteroatoms. The number of rotatable bonds is 7. The third-order valence-electron chi connectivity index (χ3n) is 3.72. The topological polar surface area (TPSA) is 92.4 Å². The third-order valence-corrected chi connectivity index (χ3v) is 3.72. The molecule has 0 radical (unpaired) electrons. The summed E-state index contributed by atoms with van der Waals surface area (Å²) in [5.41, 5.74) is 4.66. The molecule has 0 spiro atoms. The molecule has 104 valence electrons. The second-order valence-corrected chi connectivity index (χ2v) is 5.54. The first-order valence-corrected chi connectivity index (χ1v) is 6.68. The summed E-state index contributed by atoms with van der Waals surface area (Å²) in [7, 11) is 0. The second kappa shape index (κ2) is 6.18. The van der Waals surface area contributed by atoms with Crippen molar-refractivity contribution in [1.29, 1.82) is 0 Å². The maximum absolute atomic E-state index is 11.9. The molecule has 0 bridgehead atoms. The fourth-order valence-electron chi connectivity index (χ4n) is 2.16. The molecule has 0 aliphatic heterocycles. The van der Waals surface area contributed by atoms with Crippen LogP contribution in [0.3, 0.4) is 0 Å². The lowest BCUT2D eigenvalue weighted by atomic mass is 9.76. The molecule has 2 atom stereocenters. The fraction of sp³-hybridized carbons (Fsp3) is 0.846. The largest absolute Gasteiger partial charge is 0.480 e. The third kappa shape index (κ3) is 3.70. The summed E-state index contributed by atoms with van der Waals surface area (Å²) in [4.78, 5) is 23.1. The van der Waals surface area contributed by atoms with Crippen molar-refractivity contribution in [2.45, 2.75) is 64.0 Å². The molecule has 5 nitrogen and oxygen atoms in total. The zero-order chi connectivity index (χ0) is 13.8. The van der Waals surface area contributed by atoms with Crippen molar-refractivity contribution in [2.75, 3.05) is 0 Å². The average Bonchev–Trinajstić information content (AvgIpc) is 2.21. The number of hydrogen-bond acceptors (Lipinski definition) is 3. The van der Waals surface area contributed by atoms with Crippen LogP contribution in [0, 0.1) is 5.92 Å². The average molecular weight is 256 g/mol. The first kappa shape index (κ1) is 15.0. The maximum Gasteiger partial charge on any atom is 0.329 e. The highest BCUT2D eigenvalue weighted by Gasteiger charge is 2.46. The minimum absolute atomic E-state index is 0.150. The van der Waals surface area contributed by atoms with Gasteiger partial charge in [0.05, 0.1) is 0 Å². The van der Waals surface area contributed by atoms with Crippen LogP contribution in [0.2, 0.25) is 0 Å².